The number of anilines is 1. The lowest BCUT2D eigenvalue weighted by molar-refractivity contribution is -0.137. The van der Waals surface area contributed by atoms with Crippen LogP contribution in [0, 0.1) is 0 Å². The number of nitrogens with zero attached hydrogens (tertiary/aromatic N) is 1. The first kappa shape index (κ1) is 14.1. The van der Waals surface area contributed by atoms with Crippen LogP contribution in [0.2, 0.25) is 0 Å². The number of hydrogen-bond acceptors (Lipinski definition) is 3. The number of carbonyl (C=O) groups is 1. The Balaban J connectivity index is 2.40. The number of hydrogen-bond donors (Lipinski definition) is 0. The molecule has 0 unspecified atom stereocenters. The quantitative estimate of drug-likeness (QED) is 0.785. The molecule has 19 heavy (non-hydrogen) atoms. The molecule has 0 N–H and O–H groups in total. The Morgan fingerprint density at radius 3 is 2.42 bits per heavy atom. The van der Waals surface area contributed by atoms with Crippen LogP contribution < -0.4 is 4.90 Å². The molecule has 0 radical (unpaired) electrons. The van der Waals surface area contributed by atoms with Crippen molar-refractivity contribution in [2.24, 2.45) is 0 Å². The van der Waals surface area contributed by atoms with Crippen LogP contribution in [0.1, 0.15) is 15.9 Å². The number of morpholine rings is 1. The molecule has 0 atom stereocenters. The molecule has 0 bridgehead atoms. The zero-order chi connectivity index (χ0) is 14.0. The fourth-order valence-corrected chi connectivity index (χ4v) is 2.10. The van der Waals surface area contributed by atoms with Gasteiger partial charge in [-0.25, -0.2) is 0 Å². The Hall–Kier alpha value is -1.27. The molecule has 7 heteroatoms. The van der Waals surface area contributed by atoms with Crippen LogP contribution in [0.25, 0.3) is 0 Å². The fourth-order valence-electron chi connectivity index (χ4n) is 1.95. The minimum Gasteiger partial charge on any atom is -0.378 e. The van der Waals surface area contributed by atoms with Crippen LogP contribution in [0.4, 0.5) is 18.9 Å². The lowest BCUT2D eigenvalue weighted by Gasteiger charge is -2.30. The summed E-state index contributed by atoms with van der Waals surface area (Å²) in [6.07, 6.45) is -4.50. The number of alkyl halides is 3. The molecule has 3 nitrogen and oxygen atoms in total. The van der Waals surface area contributed by atoms with Crippen LogP contribution in [0.5, 0.6) is 0 Å². The first-order valence-electron chi connectivity index (χ1n) is 5.63. The van der Waals surface area contributed by atoms with Gasteiger partial charge in [-0.05, 0) is 29.8 Å². The second-order valence-corrected chi connectivity index (χ2v) is 4.45. The van der Waals surface area contributed by atoms with E-state index in [0.717, 1.165) is 12.1 Å². The van der Waals surface area contributed by atoms with Crippen LogP contribution in [-0.2, 0) is 10.9 Å². The summed E-state index contributed by atoms with van der Waals surface area (Å²) >= 11 is 5.39. The van der Waals surface area contributed by atoms with E-state index in [-0.39, 0.29) is 5.56 Å². The third-order valence-corrected chi connectivity index (χ3v) is 3.09. The highest BCUT2D eigenvalue weighted by Crippen LogP contribution is 2.33. The van der Waals surface area contributed by atoms with Gasteiger partial charge in [-0.1, -0.05) is 0 Å². The summed E-state index contributed by atoms with van der Waals surface area (Å²) < 4.78 is 43.0. The summed E-state index contributed by atoms with van der Waals surface area (Å²) in [5.74, 6) is 0. The lowest BCUT2D eigenvalue weighted by atomic mass is 10.1. The maximum absolute atomic E-state index is 12.6. The van der Waals surface area contributed by atoms with Crippen molar-refractivity contribution in [3.63, 3.8) is 0 Å². The summed E-state index contributed by atoms with van der Waals surface area (Å²) in [4.78, 5) is 13.1. The molecular formula is C12H11ClF3NO2. The van der Waals surface area contributed by atoms with Crippen molar-refractivity contribution in [3.05, 3.63) is 29.3 Å². The molecule has 1 aliphatic rings. The Morgan fingerprint density at radius 2 is 1.89 bits per heavy atom. The van der Waals surface area contributed by atoms with Gasteiger partial charge in [0.15, 0.2) is 0 Å². The minimum atomic E-state index is -4.50. The van der Waals surface area contributed by atoms with Crippen molar-refractivity contribution < 1.29 is 22.7 Å². The molecule has 104 valence electrons. The van der Waals surface area contributed by atoms with Crippen molar-refractivity contribution in [2.45, 2.75) is 6.18 Å². The predicted molar refractivity (Wildman–Crippen MR) is 64.7 cm³/mol. The van der Waals surface area contributed by atoms with Crippen molar-refractivity contribution in [1.29, 1.82) is 0 Å². The van der Waals surface area contributed by atoms with Gasteiger partial charge in [0, 0.05) is 18.8 Å². The van der Waals surface area contributed by atoms with Crippen molar-refractivity contribution in [1.82, 2.24) is 0 Å². The number of ether oxygens (including phenoxy) is 1. The molecular weight excluding hydrogens is 283 g/mol. The van der Waals surface area contributed by atoms with E-state index in [4.69, 9.17) is 16.3 Å². The lowest BCUT2D eigenvalue weighted by Crippen LogP contribution is -2.37. The molecule has 0 aromatic heterocycles. The van der Waals surface area contributed by atoms with Crippen LogP contribution >= 0.6 is 11.6 Å². The topological polar surface area (TPSA) is 29.5 Å². The fraction of sp³-hybridized carbons (Fsp3) is 0.417. The van der Waals surface area contributed by atoms with Gasteiger partial charge in [-0.15, -0.1) is 0 Å². The van der Waals surface area contributed by atoms with E-state index in [1.807, 2.05) is 0 Å². The molecule has 1 fully saturated rings. The molecule has 1 saturated heterocycles. The van der Waals surface area contributed by atoms with Gasteiger partial charge in [0.1, 0.15) is 0 Å². The third-order valence-electron chi connectivity index (χ3n) is 2.89. The smallest absolute Gasteiger partial charge is 0.378 e. The average Bonchev–Trinajstić information content (AvgIpc) is 2.38. The van der Waals surface area contributed by atoms with Crippen LogP contribution in [0.15, 0.2) is 18.2 Å². The molecule has 2 rings (SSSR count). The summed E-state index contributed by atoms with van der Waals surface area (Å²) in [6, 6.07) is 3.03. The zero-order valence-electron chi connectivity index (χ0n) is 9.84. The van der Waals surface area contributed by atoms with Gasteiger partial charge in [0.25, 0.3) is 5.24 Å². The number of halogens is 4. The van der Waals surface area contributed by atoms with Gasteiger partial charge < -0.3 is 9.64 Å². The highest BCUT2D eigenvalue weighted by atomic mass is 35.5. The van der Waals surface area contributed by atoms with Crippen LogP contribution in [0.3, 0.4) is 0 Å². The Labute approximate surface area is 112 Å². The Bertz CT molecular complexity index is 484. The summed E-state index contributed by atoms with van der Waals surface area (Å²) in [6.45, 7) is 1.97. The van der Waals surface area contributed by atoms with Crippen molar-refractivity contribution >= 4 is 22.5 Å². The van der Waals surface area contributed by atoms with E-state index < -0.39 is 17.0 Å². The van der Waals surface area contributed by atoms with E-state index in [1.165, 1.54) is 6.07 Å². The van der Waals surface area contributed by atoms with E-state index in [1.54, 1.807) is 4.90 Å². The zero-order valence-corrected chi connectivity index (χ0v) is 10.6. The predicted octanol–water partition coefficient (Wildman–Crippen LogP) is 2.92. The van der Waals surface area contributed by atoms with Gasteiger partial charge in [0.2, 0.25) is 0 Å². The maximum atomic E-state index is 12.6. The molecule has 1 aliphatic heterocycles. The number of benzene rings is 1. The molecule has 1 heterocycles. The second-order valence-electron chi connectivity index (χ2n) is 4.10. The molecule has 0 amide bonds. The minimum absolute atomic E-state index is 0.126. The maximum Gasteiger partial charge on any atom is 0.416 e. The highest BCUT2D eigenvalue weighted by molar-refractivity contribution is 6.68. The van der Waals surface area contributed by atoms with Crippen LogP contribution in [-0.4, -0.2) is 31.5 Å². The van der Waals surface area contributed by atoms with Gasteiger partial charge >= 0.3 is 6.18 Å². The second kappa shape index (κ2) is 5.38. The van der Waals surface area contributed by atoms with Gasteiger partial charge in [0.05, 0.1) is 24.3 Å². The largest absolute Gasteiger partial charge is 0.416 e. The number of carbonyl (C=O) groups excluding carboxylic acids is 1. The van der Waals surface area contributed by atoms with E-state index >= 15 is 0 Å². The Kier molecular flexibility index (Phi) is 4.01. The number of rotatable bonds is 2. The summed E-state index contributed by atoms with van der Waals surface area (Å²) in [5, 5.41) is -0.896. The SMILES string of the molecule is O=C(Cl)c1cc(C(F)(F)F)ccc1N1CCOCC1. The summed E-state index contributed by atoms with van der Waals surface area (Å²) in [7, 11) is 0. The van der Waals surface area contributed by atoms with Crippen molar-refractivity contribution in [3.8, 4) is 0 Å². The molecule has 0 aliphatic carbocycles. The van der Waals surface area contributed by atoms with Gasteiger partial charge in [-0.3, -0.25) is 4.79 Å². The third kappa shape index (κ3) is 3.19. The molecule has 0 spiro atoms. The first-order valence-corrected chi connectivity index (χ1v) is 6.01. The normalized spacial score (nSPS) is 16.5. The van der Waals surface area contributed by atoms with E-state index in [9.17, 15) is 18.0 Å². The van der Waals surface area contributed by atoms with Crippen molar-refractivity contribution in [2.75, 3.05) is 31.2 Å². The first-order chi connectivity index (χ1) is 8.89. The van der Waals surface area contributed by atoms with E-state index in [2.05, 4.69) is 0 Å². The van der Waals surface area contributed by atoms with E-state index in [0.29, 0.717) is 32.0 Å². The standard InChI is InChI=1S/C12H11ClF3NO2/c13-11(18)9-7-8(12(14,15)16)1-2-10(9)17-3-5-19-6-4-17/h1-2,7H,3-6H2. The Morgan fingerprint density at radius 1 is 1.26 bits per heavy atom. The molecule has 1 aromatic rings. The average molecular weight is 294 g/mol. The highest BCUT2D eigenvalue weighted by Gasteiger charge is 2.32. The molecule has 0 saturated carbocycles. The van der Waals surface area contributed by atoms with Gasteiger partial charge in [-0.2, -0.15) is 13.2 Å². The summed E-state index contributed by atoms with van der Waals surface area (Å²) in [5.41, 5.74) is -0.594. The molecule has 1 aromatic carbocycles. The monoisotopic (exact) mass is 293 g/mol.